The Morgan fingerprint density at radius 3 is 2.70 bits per heavy atom. The van der Waals surface area contributed by atoms with Gasteiger partial charge in [-0.3, -0.25) is 14.2 Å². The summed E-state index contributed by atoms with van der Waals surface area (Å²) in [5.74, 6) is 0.236. The lowest BCUT2D eigenvalue weighted by molar-refractivity contribution is 0.0522. The van der Waals surface area contributed by atoms with Crippen molar-refractivity contribution in [1.29, 1.82) is 0 Å². The Morgan fingerprint density at radius 1 is 1.39 bits per heavy atom. The van der Waals surface area contributed by atoms with E-state index in [-0.39, 0.29) is 12.5 Å². The molecule has 0 saturated heterocycles. The Balaban J connectivity index is 1.71. The molecular formula is C16H23N5O2. The molecule has 1 saturated carbocycles. The molecule has 1 amide bonds. The van der Waals surface area contributed by atoms with E-state index in [9.17, 15) is 9.90 Å². The van der Waals surface area contributed by atoms with Crippen LogP contribution in [0, 0.1) is 0 Å². The van der Waals surface area contributed by atoms with E-state index in [0.717, 1.165) is 18.4 Å². The van der Waals surface area contributed by atoms with Gasteiger partial charge in [0.2, 0.25) is 0 Å². The van der Waals surface area contributed by atoms with E-state index in [1.807, 2.05) is 0 Å². The highest BCUT2D eigenvalue weighted by Crippen LogP contribution is 2.37. The number of carbonyl (C=O) groups excluding carboxylic acids is 1. The third kappa shape index (κ3) is 3.01. The van der Waals surface area contributed by atoms with Crippen molar-refractivity contribution in [2.24, 2.45) is 14.1 Å². The van der Waals surface area contributed by atoms with Gasteiger partial charge in [-0.15, -0.1) is 0 Å². The van der Waals surface area contributed by atoms with E-state index in [4.69, 9.17) is 0 Å². The molecule has 2 aromatic rings. The van der Waals surface area contributed by atoms with Gasteiger partial charge in [0.25, 0.3) is 5.91 Å². The van der Waals surface area contributed by atoms with Crippen LogP contribution in [-0.4, -0.2) is 37.1 Å². The lowest BCUT2D eigenvalue weighted by Gasteiger charge is -2.26. The summed E-state index contributed by atoms with van der Waals surface area (Å²) in [4.78, 5) is 12.6. The summed E-state index contributed by atoms with van der Waals surface area (Å²) in [7, 11) is 3.56. The van der Waals surface area contributed by atoms with Crippen LogP contribution in [-0.2, 0) is 19.7 Å². The van der Waals surface area contributed by atoms with Crippen LogP contribution in [0.4, 0.5) is 0 Å². The minimum Gasteiger partial charge on any atom is -0.383 e. The number of aromatic nitrogens is 4. The number of hydrogen-bond acceptors (Lipinski definition) is 4. The van der Waals surface area contributed by atoms with E-state index >= 15 is 0 Å². The van der Waals surface area contributed by atoms with Crippen molar-refractivity contribution in [1.82, 2.24) is 24.9 Å². The molecule has 7 nitrogen and oxygen atoms in total. The van der Waals surface area contributed by atoms with Gasteiger partial charge in [-0.05, 0) is 25.7 Å². The number of hydrogen-bond donors (Lipinski definition) is 2. The normalized spacial score (nSPS) is 17.6. The van der Waals surface area contributed by atoms with Crippen LogP contribution in [0.3, 0.4) is 0 Å². The highest BCUT2D eigenvalue weighted by Gasteiger charge is 2.30. The number of amides is 1. The number of carbonyl (C=O) groups is 1. The molecule has 2 heterocycles. The molecule has 7 heteroatoms. The molecule has 0 bridgehead atoms. The molecule has 1 aliphatic carbocycles. The second-order valence-electron chi connectivity index (χ2n) is 6.56. The quantitative estimate of drug-likeness (QED) is 0.863. The van der Waals surface area contributed by atoms with Gasteiger partial charge in [0, 0.05) is 31.4 Å². The molecule has 2 N–H and O–H groups in total. The monoisotopic (exact) mass is 317 g/mol. The van der Waals surface area contributed by atoms with Gasteiger partial charge in [-0.2, -0.15) is 10.2 Å². The average Bonchev–Trinajstić information content (AvgIpc) is 3.02. The fraction of sp³-hybridized carbons (Fsp3) is 0.562. The minimum atomic E-state index is -1.17. The predicted octanol–water partition coefficient (Wildman–Crippen LogP) is 1.06. The first-order valence-electron chi connectivity index (χ1n) is 7.90. The van der Waals surface area contributed by atoms with Gasteiger partial charge in [-0.25, -0.2) is 0 Å². The summed E-state index contributed by atoms with van der Waals surface area (Å²) in [6.45, 7) is 1.78. The average molecular weight is 317 g/mol. The van der Waals surface area contributed by atoms with Crippen molar-refractivity contribution < 1.29 is 9.90 Å². The lowest BCUT2D eigenvalue weighted by Crippen LogP contribution is -2.39. The molecule has 2 aromatic heterocycles. The van der Waals surface area contributed by atoms with E-state index in [1.54, 1.807) is 49.0 Å². The topological polar surface area (TPSA) is 85.0 Å². The maximum absolute atomic E-state index is 12.6. The highest BCUT2D eigenvalue weighted by atomic mass is 16.3. The molecule has 0 aromatic carbocycles. The molecule has 124 valence electrons. The van der Waals surface area contributed by atoms with Crippen molar-refractivity contribution in [2.45, 2.75) is 37.7 Å². The minimum absolute atomic E-state index is 0.118. The molecular weight excluding hydrogens is 294 g/mol. The third-order valence-corrected chi connectivity index (χ3v) is 4.65. The summed E-state index contributed by atoms with van der Waals surface area (Å²) in [6, 6.07) is 0. The zero-order chi connectivity index (χ0) is 16.6. The third-order valence-electron chi connectivity index (χ3n) is 4.65. The second kappa shape index (κ2) is 5.81. The standard InChI is InChI=1S/C16H23N5O2/c1-16(23,12-7-18-20(2)9-12)10-17-15(22)14-13(8-19-21(14)3)11-5-4-6-11/h7-9,11,23H,4-6,10H2,1-3H3,(H,17,22). The summed E-state index contributed by atoms with van der Waals surface area (Å²) in [5.41, 5.74) is 1.11. The zero-order valence-electron chi connectivity index (χ0n) is 13.8. The fourth-order valence-corrected chi connectivity index (χ4v) is 2.89. The molecule has 1 unspecified atom stereocenters. The van der Waals surface area contributed by atoms with E-state index < -0.39 is 5.60 Å². The van der Waals surface area contributed by atoms with Crippen LogP contribution in [0.2, 0.25) is 0 Å². The maximum atomic E-state index is 12.6. The van der Waals surface area contributed by atoms with Gasteiger partial charge in [0.1, 0.15) is 11.3 Å². The Hall–Kier alpha value is -2.15. The molecule has 3 rings (SSSR count). The van der Waals surface area contributed by atoms with E-state index in [2.05, 4.69) is 15.5 Å². The first-order chi connectivity index (χ1) is 10.9. The van der Waals surface area contributed by atoms with Crippen LogP contribution in [0.25, 0.3) is 0 Å². The second-order valence-corrected chi connectivity index (χ2v) is 6.56. The van der Waals surface area contributed by atoms with Gasteiger partial charge >= 0.3 is 0 Å². The molecule has 1 fully saturated rings. The Bertz CT molecular complexity index is 712. The van der Waals surface area contributed by atoms with Crippen LogP contribution in [0.1, 0.15) is 53.7 Å². The molecule has 23 heavy (non-hydrogen) atoms. The van der Waals surface area contributed by atoms with Gasteiger partial charge in [0.05, 0.1) is 18.9 Å². The van der Waals surface area contributed by atoms with Crippen molar-refractivity contribution >= 4 is 5.91 Å². The molecule has 1 atom stereocenters. The fourth-order valence-electron chi connectivity index (χ4n) is 2.89. The van der Waals surface area contributed by atoms with Crippen LogP contribution in [0.5, 0.6) is 0 Å². The Labute approximate surface area is 135 Å². The summed E-state index contributed by atoms with van der Waals surface area (Å²) in [5, 5.41) is 21.7. The van der Waals surface area contributed by atoms with Gasteiger partial charge < -0.3 is 10.4 Å². The smallest absolute Gasteiger partial charge is 0.269 e. The van der Waals surface area contributed by atoms with E-state index in [1.165, 1.54) is 6.42 Å². The number of aliphatic hydroxyl groups is 1. The first-order valence-corrected chi connectivity index (χ1v) is 7.90. The Kier molecular flexibility index (Phi) is 3.97. The zero-order valence-corrected chi connectivity index (χ0v) is 13.8. The van der Waals surface area contributed by atoms with E-state index in [0.29, 0.717) is 17.2 Å². The predicted molar refractivity (Wildman–Crippen MR) is 84.9 cm³/mol. The lowest BCUT2D eigenvalue weighted by atomic mass is 9.80. The van der Waals surface area contributed by atoms with Gasteiger partial charge in [0.15, 0.2) is 0 Å². The molecule has 0 spiro atoms. The molecule has 0 radical (unpaired) electrons. The van der Waals surface area contributed by atoms with Crippen LogP contribution in [0.15, 0.2) is 18.6 Å². The van der Waals surface area contributed by atoms with Crippen molar-refractivity contribution in [3.8, 4) is 0 Å². The number of aryl methyl sites for hydroxylation is 2. The number of nitrogens with zero attached hydrogens (tertiary/aromatic N) is 4. The number of nitrogens with one attached hydrogen (secondary N) is 1. The maximum Gasteiger partial charge on any atom is 0.269 e. The SMILES string of the molecule is Cn1cc(C(C)(O)CNC(=O)c2c(C3CCC3)cnn2C)cn1. The molecule has 0 aliphatic heterocycles. The van der Waals surface area contributed by atoms with Crippen molar-refractivity contribution in [3.05, 3.63) is 35.4 Å². The Morgan fingerprint density at radius 2 is 2.13 bits per heavy atom. The first kappa shape index (κ1) is 15.7. The summed E-state index contributed by atoms with van der Waals surface area (Å²) >= 11 is 0. The number of rotatable bonds is 5. The summed E-state index contributed by atoms with van der Waals surface area (Å²) < 4.78 is 3.24. The van der Waals surface area contributed by atoms with Gasteiger partial charge in [-0.1, -0.05) is 6.42 Å². The molecule has 1 aliphatic rings. The highest BCUT2D eigenvalue weighted by molar-refractivity contribution is 5.94. The van der Waals surface area contributed by atoms with Crippen LogP contribution < -0.4 is 5.32 Å². The van der Waals surface area contributed by atoms with Crippen molar-refractivity contribution in [3.63, 3.8) is 0 Å². The van der Waals surface area contributed by atoms with Crippen LogP contribution >= 0.6 is 0 Å². The largest absolute Gasteiger partial charge is 0.383 e. The van der Waals surface area contributed by atoms with Crippen molar-refractivity contribution in [2.75, 3.05) is 6.54 Å². The summed E-state index contributed by atoms with van der Waals surface area (Å²) in [6.07, 6.45) is 8.57.